The average molecular weight is 475 g/mol. The monoisotopic (exact) mass is 474 g/mol. The Kier molecular flexibility index (Phi) is 5.12. The summed E-state index contributed by atoms with van der Waals surface area (Å²) in [5.41, 5.74) is 1.25. The standard InChI is InChI=1S/C26H26N4O3S/c1-31-21-7-6-19(22(13-21)32-2)15-30-25(23-12-17-4-3-5-18(14-27)24(17)34-23)28-33-26(30)16-29-10-8-20(26)9-11-29/h3-7,12-13,20H,8-11,15-16H2,1-2H3. The minimum Gasteiger partial charge on any atom is -0.497 e. The third kappa shape index (κ3) is 3.23. The van der Waals surface area contributed by atoms with Crippen molar-refractivity contribution in [3.8, 4) is 17.6 Å². The molecule has 0 amide bonds. The summed E-state index contributed by atoms with van der Waals surface area (Å²) in [5, 5.41) is 15.3. The molecule has 1 spiro atoms. The van der Waals surface area contributed by atoms with E-state index in [0.29, 0.717) is 18.0 Å². The smallest absolute Gasteiger partial charge is 0.227 e. The third-order valence-electron chi connectivity index (χ3n) is 7.39. The van der Waals surface area contributed by atoms with Gasteiger partial charge in [-0.05, 0) is 55.6 Å². The first-order chi connectivity index (χ1) is 16.6. The highest BCUT2D eigenvalue weighted by atomic mass is 32.1. The van der Waals surface area contributed by atoms with Crippen LogP contribution in [0.2, 0.25) is 0 Å². The predicted octanol–water partition coefficient (Wildman–Crippen LogP) is 4.41. The van der Waals surface area contributed by atoms with Crippen molar-refractivity contribution in [1.82, 2.24) is 9.80 Å². The topological polar surface area (TPSA) is 70.3 Å². The molecular formula is C26H26N4O3S. The van der Waals surface area contributed by atoms with Crippen LogP contribution in [0.5, 0.6) is 11.5 Å². The number of hydrogen-bond acceptors (Lipinski definition) is 8. The first-order valence-corrected chi connectivity index (χ1v) is 12.4. The van der Waals surface area contributed by atoms with Crippen molar-refractivity contribution in [2.24, 2.45) is 11.1 Å². The van der Waals surface area contributed by atoms with Crippen molar-refractivity contribution in [3.63, 3.8) is 0 Å². The number of fused-ring (bicyclic) bond motifs is 3. The fourth-order valence-corrected chi connectivity index (χ4v) is 6.71. The SMILES string of the molecule is COc1ccc(CN2C(c3cc4cccc(C#N)c4s3)=NOC23CN2CCC3CC2)c(OC)c1. The van der Waals surface area contributed by atoms with Crippen molar-refractivity contribution in [2.75, 3.05) is 33.9 Å². The molecule has 0 N–H and O–H groups in total. The van der Waals surface area contributed by atoms with E-state index in [1.54, 1.807) is 25.6 Å². The second-order valence-electron chi connectivity index (χ2n) is 9.11. The molecule has 7 nitrogen and oxygen atoms in total. The maximum Gasteiger partial charge on any atom is 0.227 e. The molecule has 2 bridgehead atoms. The van der Waals surface area contributed by atoms with E-state index in [1.807, 2.05) is 30.3 Å². The molecule has 2 aromatic carbocycles. The number of ether oxygens (including phenoxy) is 2. The van der Waals surface area contributed by atoms with Gasteiger partial charge in [-0.2, -0.15) is 5.26 Å². The molecule has 5 heterocycles. The number of oxime groups is 1. The van der Waals surface area contributed by atoms with Gasteiger partial charge in [-0.25, -0.2) is 0 Å². The molecule has 1 aromatic heterocycles. The molecule has 0 saturated carbocycles. The van der Waals surface area contributed by atoms with Crippen LogP contribution in [-0.2, 0) is 11.4 Å². The molecule has 3 saturated heterocycles. The Balaban J connectivity index is 1.44. The van der Waals surface area contributed by atoms with Crippen molar-refractivity contribution in [1.29, 1.82) is 5.26 Å². The summed E-state index contributed by atoms with van der Waals surface area (Å²) in [6.07, 6.45) is 2.20. The number of nitriles is 1. The molecule has 3 aromatic rings. The van der Waals surface area contributed by atoms with Crippen LogP contribution >= 0.6 is 11.3 Å². The first-order valence-electron chi connectivity index (χ1n) is 11.6. The minimum absolute atomic E-state index is 0.409. The molecule has 4 aliphatic rings. The molecule has 0 radical (unpaired) electrons. The maximum absolute atomic E-state index is 9.59. The van der Waals surface area contributed by atoms with Gasteiger partial charge in [0.2, 0.25) is 5.72 Å². The molecular weight excluding hydrogens is 448 g/mol. The molecule has 7 rings (SSSR count). The summed E-state index contributed by atoms with van der Waals surface area (Å²) in [6, 6.07) is 16.2. The van der Waals surface area contributed by atoms with Crippen LogP contribution < -0.4 is 9.47 Å². The zero-order valence-electron chi connectivity index (χ0n) is 19.3. The largest absolute Gasteiger partial charge is 0.497 e. The number of thiophene rings is 1. The van der Waals surface area contributed by atoms with E-state index < -0.39 is 5.72 Å². The van der Waals surface area contributed by atoms with Crippen molar-refractivity contribution >= 4 is 27.3 Å². The predicted molar refractivity (Wildman–Crippen MR) is 131 cm³/mol. The van der Waals surface area contributed by atoms with Crippen molar-refractivity contribution < 1.29 is 14.3 Å². The molecule has 1 atom stereocenters. The van der Waals surface area contributed by atoms with Crippen LogP contribution in [0.15, 0.2) is 47.6 Å². The van der Waals surface area contributed by atoms with Gasteiger partial charge in [0.15, 0.2) is 5.84 Å². The maximum atomic E-state index is 9.59. The Labute approximate surface area is 202 Å². The minimum atomic E-state index is -0.495. The molecule has 0 aliphatic carbocycles. The van der Waals surface area contributed by atoms with Gasteiger partial charge in [0.05, 0.1) is 42.4 Å². The van der Waals surface area contributed by atoms with Gasteiger partial charge < -0.3 is 19.2 Å². The lowest BCUT2D eigenvalue weighted by molar-refractivity contribution is -0.198. The van der Waals surface area contributed by atoms with E-state index in [1.165, 1.54) is 0 Å². The van der Waals surface area contributed by atoms with Gasteiger partial charge in [0.25, 0.3) is 0 Å². The van der Waals surface area contributed by atoms with E-state index in [9.17, 15) is 5.26 Å². The molecule has 8 heteroatoms. The Bertz CT molecular complexity index is 1320. The fraction of sp³-hybridized carbons (Fsp3) is 0.385. The second kappa shape index (κ2) is 8.19. The van der Waals surface area contributed by atoms with Gasteiger partial charge in [0, 0.05) is 17.5 Å². The number of nitrogens with zero attached hydrogens (tertiary/aromatic N) is 4. The lowest BCUT2D eigenvalue weighted by Gasteiger charge is -2.53. The Morgan fingerprint density at radius 1 is 1.18 bits per heavy atom. The third-order valence-corrected chi connectivity index (χ3v) is 8.57. The summed E-state index contributed by atoms with van der Waals surface area (Å²) < 4.78 is 12.1. The fourth-order valence-electron chi connectivity index (χ4n) is 5.60. The zero-order valence-corrected chi connectivity index (χ0v) is 20.1. The highest BCUT2D eigenvalue weighted by Gasteiger charge is 2.57. The number of hydrogen-bond donors (Lipinski definition) is 0. The van der Waals surface area contributed by atoms with Gasteiger partial charge in [-0.15, -0.1) is 11.3 Å². The second-order valence-corrected chi connectivity index (χ2v) is 10.2. The Morgan fingerprint density at radius 2 is 2.03 bits per heavy atom. The molecule has 1 unspecified atom stereocenters. The van der Waals surface area contributed by atoms with Crippen molar-refractivity contribution in [3.05, 3.63) is 58.5 Å². The van der Waals surface area contributed by atoms with E-state index in [-0.39, 0.29) is 0 Å². The van der Waals surface area contributed by atoms with Gasteiger partial charge in [0.1, 0.15) is 17.6 Å². The molecule has 3 fully saturated rings. The quantitative estimate of drug-likeness (QED) is 0.546. The van der Waals surface area contributed by atoms with Gasteiger partial charge >= 0.3 is 0 Å². The zero-order chi connectivity index (χ0) is 23.3. The van der Waals surface area contributed by atoms with Crippen LogP contribution in [0.4, 0.5) is 0 Å². The van der Waals surface area contributed by atoms with Crippen molar-refractivity contribution in [2.45, 2.75) is 25.1 Å². The highest BCUT2D eigenvalue weighted by molar-refractivity contribution is 7.21. The van der Waals surface area contributed by atoms with E-state index in [4.69, 9.17) is 19.5 Å². The van der Waals surface area contributed by atoms with Crippen LogP contribution in [0, 0.1) is 17.2 Å². The highest BCUT2D eigenvalue weighted by Crippen LogP contribution is 2.46. The van der Waals surface area contributed by atoms with Crippen LogP contribution in [0.25, 0.3) is 10.1 Å². The molecule has 174 valence electrons. The van der Waals surface area contributed by atoms with Crippen LogP contribution in [-0.4, -0.2) is 55.2 Å². The van der Waals surface area contributed by atoms with E-state index in [0.717, 1.165) is 70.3 Å². The Hall–Kier alpha value is -3.28. The summed E-state index contributed by atoms with van der Waals surface area (Å²) >= 11 is 1.60. The normalized spacial score (nSPS) is 25.3. The number of rotatable bonds is 5. The Morgan fingerprint density at radius 3 is 2.74 bits per heavy atom. The van der Waals surface area contributed by atoms with E-state index in [2.05, 4.69) is 28.0 Å². The lowest BCUT2D eigenvalue weighted by Crippen LogP contribution is -2.66. The summed E-state index contributed by atoms with van der Waals surface area (Å²) in [4.78, 5) is 12.2. The molecule has 34 heavy (non-hydrogen) atoms. The summed E-state index contributed by atoms with van der Waals surface area (Å²) in [5.74, 6) is 2.78. The van der Waals surface area contributed by atoms with Crippen LogP contribution in [0.1, 0.15) is 28.8 Å². The van der Waals surface area contributed by atoms with Gasteiger partial charge in [-0.1, -0.05) is 17.3 Å². The summed E-state index contributed by atoms with van der Waals surface area (Å²) in [6.45, 7) is 3.66. The van der Waals surface area contributed by atoms with E-state index >= 15 is 0 Å². The van der Waals surface area contributed by atoms with Crippen LogP contribution in [0.3, 0.4) is 0 Å². The van der Waals surface area contributed by atoms with Gasteiger partial charge in [-0.3, -0.25) is 4.90 Å². The number of amidine groups is 1. The lowest BCUT2D eigenvalue weighted by atomic mass is 9.79. The summed E-state index contributed by atoms with van der Waals surface area (Å²) in [7, 11) is 3.35. The number of benzene rings is 2. The molecule has 4 aliphatic heterocycles. The number of piperidine rings is 3. The average Bonchev–Trinajstić information content (AvgIpc) is 3.46. The first kappa shape index (κ1) is 21.3. The number of methoxy groups -OCH3 is 2.